The number of anilines is 1. The minimum absolute atomic E-state index is 0.0425. The highest BCUT2D eigenvalue weighted by atomic mass is 35.5. The van der Waals surface area contributed by atoms with E-state index in [0.717, 1.165) is 35.4 Å². The van der Waals surface area contributed by atoms with E-state index in [1.165, 1.54) is 11.2 Å². The molecule has 1 aromatic carbocycles. The van der Waals surface area contributed by atoms with Crippen molar-refractivity contribution in [3.63, 3.8) is 0 Å². The molecule has 4 rings (SSSR count). The second kappa shape index (κ2) is 11.0. The Labute approximate surface area is 222 Å². The van der Waals surface area contributed by atoms with Crippen molar-refractivity contribution in [3.05, 3.63) is 52.1 Å². The molecule has 0 saturated carbocycles. The van der Waals surface area contributed by atoms with Crippen molar-refractivity contribution in [1.82, 2.24) is 19.0 Å². The Morgan fingerprint density at radius 3 is 2.44 bits per heavy atom. The van der Waals surface area contributed by atoms with Gasteiger partial charge in [0.25, 0.3) is 0 Å². The van der Waals surface area contributed by atoms with Crippen LogP contribution in [0.1, 0.15) is 27.2 Å². The lowest BCUT2D eigenvalue weighted by Crippen LogP contribution is -2.49. The molecule has 194 valence electrons. The molecule has 1 saturated heterocycles. The summed E-state index contributed by atoms with van der Waals surface area (Å²) < 4.78 is 30.3. The number of allylic oxidation sites excluding steroid dienone is 6. The van der Waals surface area contributed by atoms with Crippen molar-refractivity contribution in [3.8, 4) is 0 Å². The van der Waals surface area contributed by atoms with Crippen LogP contribution in [0, 0.1) is 0 Å². The molecular weight excluding hydrogens is 521 g/mol. The van der Waals surface area contributed by atoms with Crippen molar-refractivity contribution < 1.29 is 13.2 Å². The van der Waals surface area contributed by atoms with Gasteiger partial charge < -0.3 is 9.80 Å². The Morgan fingerprint density at radius 2 is 1.81 bits per heavy atom. The van der Waals surface area contributed by atoms with Gasteiger partial charge in [-0.1, -0.05) is 35.4 Å². The van der Waals surface area contributed by atoms with Gasteiger partial charge in [0.05, 0.1) is 17.0 Å². The van der Waals surface area contributed by atoms with Crippen LogP contribution in [-0.4, -0.2) is 72.6 Å². The second-order valence-electron chi connectivity index (χ2n) is 8.76. The van der Waals surface area contributed by atoms with Gasteiger partial charge in [0.15, 0.2) is 5.82 Å². The molecule has 11 heteroatoms. The molecule has 8 nitrogen and oxygen atoms in total. The first kappa shape index (κ1) is 26.7. The number of nitrogens with zero attached hydrogens (tertiary/aromatic N) is 5. The summed E-state index contributed by atoms with van der Waals surface area (Å²) in [5, 5.41) is 6.78. The van der Waals surface area contributed by atoms with E-state index in [2.05, 4.69) is 4.90 Å². The SMILES string of the molecule is CCN(CC)c1nn(CC2=C(Cl)C=CCC=C2Cl)c2ccc(S(=O)(=O)N3CCN(C(C)=O)CC3)cc12. The van der Waals surface area contributed by atoms with Gasteiger partial charge in [0.1, 0.15) is 0 Å². The zero-order chi connectivity index (χ0) is 26.0. The van der Waals surface area contributed by atoms with Gasteiger partial charge in [-0.2, -0.15) is 9.40 Å². The van der Waals surface area contributed by atoms with Gasteiger partial charge in [0.2, 0.25) is 15.9 Å². The maximum absolute atomic E-state index is 13.5. The molecule has 0 spiro atoms. The highest BCUT2D eigenvalue weighted by Gasteiger charge is 2.30. The summed E-state index contributed by atoms with van der Waals surface area (Å²) >= 11 is 13.0. The third-order valence-corrected chi connectivity index (χ3v) is 9.30. The van der Waals surface area contributed by atoms with E-state index in [1.54, 1.807) is 23.1 Å². The Kier molecular flexibility index (Phi) is 8.14. The number of hydrogen-bond acceptors (Lipinski definition) is 5. The van der Waals surface area contributed by atoms with Crippen LogP contribution in [0.5, 0.6) is 0 Å². The molecule has 0 atom stereocenters. The molecule has 1 aliphatic carbocycles. The molecule has 36 heavy (non-hydrogen) atoms. The maximum atomic E-state index is 13.5. The number of carbonyl (C=O) groups is 1. The normalized spacial score (nSPS) is 17.5. The summed E-state index contributed by atoms with van der Waals surface area (Å²) in [4.78, 5) is 15.6. The number of amides is 1. The Balaban J connectivity index is 1.75. The number of hydrogen-bond donors (Lipinski definition) is 0. The molecule has 1 aliphatic heterocycles. The van der Waals surface area contributed by atoms with Crippen LogP contribution in [0.2, 0.25) is 0 Å². The lowest BCUT2D eigenvalue weighted by Gasteiger charge is -2.33. The quantitative estimate of drug-likeness (QED) is 0.512. The second-order valence-corrected chi connectivity index (χ2v) is 11.5. The van der Waals surface area contributed by atoms with E-state index in [4.69, 9.17) is 28.3 Å². The number of sulfonamides is 1. The van der Waals surface area contributed by atoms with Gasteiger partial charge in [-0.15, -0.1) is 0 Å². The zero-order valence-electron chi connectivity index (χ0n) is 20.7. The van der Waals surface area contributed by atoms with E-state index in [-0.39, 0.29) is 23.9 Å². The smallest absolute Gasteiger partial charge is 0.243 e. The van der Waals surface area contributed by atoms with Gasteiger partial charge in [0, 0.05) is 67.2 Å². The molecular formula is C25H31Cl2N5O3S. The van der Waals surface area contributed by atoms with E-state index in [9.17, 15) is 13.2 Å². The van der Waals surface area contributed by atoms with Gasteiger partial charge >= 0.3 is 0 Å². The van der Waals surface area contributed by atoms with Crippen LogP contribution < -0.4 is 4.90 Å². The lowest BCUT2D eigenvalue weighted by atomic mass is 10.2. The number of aromatic nitrogens is 2. The summed E-state index contributed by atoms with van der Waals surface area (Å²) in [6.45, 7) is 8.70. The number of rotatable bonds is 7. The first-order chi connectivity index (χ1) is 17.2. The highest BCUT2D eigenvalue weighted by molar-refractivity contribution is 7.89. The number of benzene rings is 1. The molecule has 2 aliphatic rings. The van der Waals surface area contributed by atoms with Crippen LogP contribution >= 0.6 is 23.2 Å². The van der Waals surface area contributed by atoms with Crippen molar-refractivity contribution in [2.45, 2.75) is 38.6 Å². The van der Waals surface area contributed by atoms with E-state index >= 15 is 0 Å². The Bertz CT molecular complexity index is 1350. The zero-order valence-corrected chi connectivity index (χ0v) is 23.1. The Morgan fingerprint density at radius 1 is 1.11 bits per heavy atom. The fraction of sp³-hybridized carbons (Fsp3) is 0.440. The van der Waals surface area contributed by atoms with E-state index in [1.807, 2.05) is 36.8 Å². The molecule has 2 heterocycles. The van der Waals surface area contributed by atoms with E-state index in [0.29, 0.717) is 36.1 Å². The average molecular weight is 553 g/mol. The van der Waals surface area contributed by atoms with Crippen LogP contribution in [0.25, 0.3) is 10.9 Å². The van der Waals surface area contributed by atoms with E-state index < -0.39 is 10.0 Å². The largest absolute Gasteiger partial charge is 0.355 e. The van der Waals surface area contributed by atoms with Crippen LogP contribution in [0.3, 0.4) is 0 Å². The monoisotopic (exact) mass is 551 g/mol. The molecule has 1 fully saturated rings. The Hall–Kier alpha value is -2.33. The molecule has 1 amide bonds. The van der Waals surface area contributed by atoms with Crippen LogP contribution in [0.4, 0.5) is 5.82 Å². The lowest BCUT2D eigenvalue weighted by molar-refractivity contribution is -0.129. The minimum atomic E-state index is -3.73. The molecule has 0 radical (unpaired) electrons. The first-order valence-electron chi connectivity index (χ1n) is 12.1. The van der Waals surface area contributed by atoms with Crippen molar-refractivity contribution in [2.24, 2.45) is 0 Å². The fourth-order valence-corrected chi connectivity index (χ4v) is 6.55. The number of fused-ring (bicyclic) bond motifs is 1. The van der Waals surface area contributed by atoms with Crippen LogP contribution in [-0.2, 0) is 21.4 Å². The maximum Gasteiger partial charge on any atom is 0.243 e. The van der Waals surface area contributed by atoms with Crippen LogP contribution in [0.15, 0.2) is 57.0 Å². The fourth-order valence-electron chi connectivity index (χ4n) is 4.55. The standard InChI is InChI=1S/C25H31Cl2N5O3S/c1-4-29(5-2)25-20-16-19(36(34,35)31-14-12-30(13-15-31)18(3)33)10-11-24(20)32(28-25)17-21-22(26)8-6-7-9-23(21)27/h6,8-11,16H,4-5,7,12-15,17H2,1-3H3. The first-order valence-corrected chi connectivity index (χ1v) is 14.3. The summed E-state index contributed by atoms with van der Waals surface area (Å²) in [5.74, 6) is 0.675. The van der Waals surface area contributed by atoms with Gasteiger partial charge in [-0.3, -0.25) is 9.48 Å². The molecule has 1 aromatic heterocycles. The summed E-state index contributed by atoms with van der Waals surface area (Å²) in [5.41, 5.74) is 1.56. The summed E-state index contributed by atoms with van der Waals surface area (Å²) in [6, 6.07) is 5.13. The highest BCUT2D eigenvalue weighted by Crippen LogP contribution is 2.33. The van der Waals surface area contributed by atoms with Gasteiger partial charge in [-0.05, 0) is 44.5 Å². The predicted octanol–water partition coefficient (Wildman–Crippen LogP) is 4.31. The van der Waals surface area contributed by atoms with Gasteiger partial charge in [-0.25, -0.2) is 8.42 Å². The topological polar surface area (TPSA) is 78.8 Å². The van der Waals surface area contributed by atoms with Crippen molar-refractivity contribution in [1.29, 1.82) is 0 Å². The minimum Gasteiger partial charge on any atom is -0.355 e. The summed E-state index contributed by atoms with van der Waals surface area (Å²) in [7, 11) is -3.73. The number of carbonyl (C=O) groups excluding carboxylic acids is 1. The third kappa shape index (κ3) is 5.20. The molecule has 0 unspecified atom stereocenters. The predicted molar refractivity (Wildman–Crippen MR) is 145 cm³/mol. The van der Waals surface area contributed by atoms with Crippen molar-refractivity contribution in [2.75, 3.05) is 44.2 Å². The third-order valence-electron chi connectivity index (χ3n) is 6.67. The molecule has 0 bridgehead atoms. The number of piperazine rings is 1. The number of halogens is 2. The molecule has 0 N–H and O–H groups in total. The average Bonchev–Trinajstić information content (AvgIpc) is 3.14. The van der Waals surface area contributed by atoms with Crippen molar-refractivity contribution >= 4 is 55.9 Å². The molecule has 2 aromatic rings. The summed E-state index contributed by atoms with van der Waals surface area (Å²) in [6.07, 6.45) is 6.41.